The van der Waals surface area contributed by atoms with Crippen molar-refractivity contribution in [1.29, 1.82) is 0 Å². The molecule has 0 bridgehead atoms. The molecule has 0 spiro atoms. The number of carbonyl (C=O) groups is 7. The third-order valence-electron chi connectivity index (χ3n) is 13.3. The Kier molecular flexibility index (Phi) is 25.1. The average Bonchev–Trinajstić information content (AvgIpc) is 3.33. The number of hydrogen-bond acceptors (Lipinski definition) is 11. The molecule has 5 N–H and O–H groups in total. The summed E-state index contributed by atoms with van der Waals surface area (Å²) in [6.45, 7) is 26.8. The quantitative estimate of drug-likeness (QED) is 0.0447. The number of nitrogens with two attached hydrogens (primary N) is 1. The topological polar surface area (TPSA) is 207 Å². The molecule has 3 aromatic rings. The number of rotatable bonds is 26. The van der Waals surface area contributed by atoms with Crippen LogP contribution in [0.3, 0.4) is 0 Å². The van der Waals surface area contributed by atoms with Crippen molar-refractivity contribution in [3.05, 3.63) is 94.5 Å². The second-order valence-corrected chi connectivity index (χ2v) is 30.6. The van der Waals surface area contributed by atoms with Crippen LogP contribution in [0.5, 0.6) is 0 Å². The van der Waals surface area contributed by atoms with Crippen molar-refractivity contribution in [1.82, 2.24) is 16.0 Å². The Hall–Kier alpha value is -5.18. The van der Waals surface area contributed by atoms with Gasteiger partial charge >= 0.3 is 0 Å². The first-order valence-corrected chi connectivity index (χ1v) is 30.5. The van der Waals surface area contributed by atoms with Crippen molar-refractivity contribution < 1.29 is 43.8 Å². The summed E-state index contributed by atoms with van der Waals surface area (Å²) >= 11 is 0. The van der Waals surface area contributed by atoms with Crippen molar-refractivity contribution in [2.45, 2.75) is 143 Å². The molecule has 0 saturated heterocycles. The molecule has 0 aromatic heterocycles. The van der Waals surface area contributed by atoms with Gasteiger partial charge in [0.15, 0.2) is 34.0 Å². The molecule has 17 heteroatoms. The summed E-state index contributed by atoms with van der Waals surface area (Å²) in [5.74, 6) is -1.65. The zero-order valence-electron chi connectivity index (χ0n) is 45.2. The number of nitrogens with zero attached hydrogens (tertiary/aromatic N) is 2. The Bertz CT molecular complexity index is 2280. The van der Waals surface area contributed by atoms with Crippen molar-refractivity contribution in [3.8, 4) is 0 Å². The van der Waals surface area contributed by atoms with E-state index in [0.717, 1.165) is 46.5 Å². The molecule has 3 aromatic carbocycles. The molecule has 0 unspecified atom stereocenters. The number of Topliss-reactive ketones (excluding diaryl/α,β-unsaturated/α-hetero) is 3. The number of carbonyl (C=O) groups excluding carboxylic acids is 7. The molecule has 3 rings (SSSR count). The van der Waals surface area contributed by atoms with Crippen LogP contribution in [0, 0.1) is 0 Å². The highest BCUT2D eigenvalue weighted by Crippen LogP contribution is 2.38. The Labute approximate surface area is 427 Å². The molecule has 0 aliphatic carbocycles. The minimum atomic E-state index is -1.92. The summed E-state index contributed by atoms with van der Waals surface area (Å²) in [6.07, 6.45) is 1.90. The fourth-order valence-electron chi connectivity index (χ4n) is 6.25. The van der Waals surface area contributed by atoms with Gasteiger partial charge in [0.25, 0.3) is 0 Å². The maximum absolute atomic E-state index is 12.9. The Balaban J connectivity index is 0.000000733. The van der Waals surface area contributed by atoms with Crippen molar-refractivity contribution in [2.75, 3.05) is 56.6 Å². The van der Waals surface area contributed by atoms with E-state index in [0.29, 0.717) is 18.8 Å². The fraction of sp³-hybridized carbons (Fsp3) is 0.537. The van der Waals surface area contributed by atoms with Crippen LogP contribution in [-0.2, 0) is 63.7 Å². The van der Waals surface area contributed by atoms with Gasteiger partial charge in [-0.1, -0.05) is 97.9 Å². The largest absolute Gasteiger partial charge is 0.413 e. The molecule has 4 amide bonds. The molecule has 0 aliphatic rings. The van der Waals surface area contributed by atoms with Gasteiger partial charge in [0.05, 0.1) is 45.9 Å². The molecule has 0 saturated carbocycles. The Morgan fingerprint density at radius 1 is 0.563 bits per heavy atom. The number of ketones is 3. The number of benzene rings is 3. The molecule has 15 nitrogen and oxygen atoms in total. The Morgan fingerprint density at radius 3 is 1.34 bits per heavy atom. The third-order valence-corrected chi connectivity index (χ3v) is 22.2. The van der Waals surface area contributed by atoms with Crippen LogP contribution in [0.25, 0.3) is 0 Å². The van der Waals surface area contributed by atoms with Crippen LogP contribution in [0.2, 0.25) is 36.3 Å². The van der Waals surface area contributed by atoms with Crippen LogP contribution in [0.1, 0.15) is 115 Å². The number of hydrogen-bond donors (Lipinski definition) is 4. The van der Waals surface area contributed by atoms with Gasteiger partial charge in [-0.25, -0.2) is 0 Å². The zero-order valence-corrected chi connectivity index (χ0v) is 47.2. The highest BCUT2D eigenvalue weighted by atomic mass is 28.4. The second-order valence-electron chi connectivity index (χ2n) is 21.0. The van der Waals surface area contributed by atoms with Crippen molar-refractivity contribution in [3.63, 3.8) is 0 Å². The first-order valence-electron chi connectivity index (χ1n) is 24.7. The van der Waals surface area contributed by atoms with Crippen LogP contribution >= 0.6 is 0 Å². The minimum Gasteiger partial charge on any atom is -0.413 e. The number of nitrogens with one attached hydrogen (secondary N) is 3. The van der Waals surface area contributed by atoms with Crippen molar-refractivity contribution in [2.24, 2.45) is 5.73 Å². The summed E-state index contributed by atoms with van der Waals surface area (Å²) < 4.78 is 12.7. The van der Waals surface area contributed by atoms with Gasteiger partial charge in [0.1, 0.15) is 0 Å². The minimum absolute atomic E-state index is 0. The van der Waals surface area contributed by atoms with Gasteiger partial charge in [-0.15, -0.1) is 0 Å². The van der Waals surface area contributed by atoms with Crippen molar-refractivity contribution >= 4 is 69.0 Å². The number of amides is 4. The van der Waals surface area contributed by atoms with E-state index >= 15 is 0 Å². The standard InChI is InChI=1S/C31H45N3O5Si.C23H39N3O4Si.H2/c1-8-23-16-24(22-39-40(6,7)31(2,3)4)18-26(17-23)34(5)30(38)15-14-27(35)19-33-29(37)21-32-20-28(36)25-12-10-9-11-13-25;1-8-17-11-18(16-30-31(6,7)23(2,3)4)13-19(12-17)26(5)22(29)10-9-20(27)15-25-21(28)14-24;/h9-13,16-18,32H,8,14-15,19-22H2,1-7H3,(H,33,37);11-13H,8-10,14-16,24H2,1-7H3,(H,25,28);1H. The number of aryl methyl sites for hydroxylation is 2. The molecular weight excluding hydrogens is 933 g/mol. The summed E-state index contributed by atoms with van der Waals surface area (Å²) in [5, 5.41) is 7.99. The summed E-state index contributed by atoms with van der Waals surface area (Å²) in [7, 11) is -0.368. The highest BCUT2D eigenvalue weighted by Gasteiger charge is 2.38. The first kappa shape index (κ1) is 61.9. The molecule has 0 aliphatic heterocycles. The lowest BCUT2D eigenvalue weighted by Gasteiger charge is -2.36. The average molecular weight is 1020 g/mol. The van der Waals surface area contributed by atoms with E-state index in [9.17, 15) is 33.6 Å². The normalized spacial score (nSPS) is 11.8. The van der Waals surface area contributed by atoms with E-state index in [1.54, 1.807) is 48.2 Å². The molecular formula is C54H86N6O9Si2. The van der Waals surface area contributed by atoms with E-state index in [-0.39, 0.29) is 111 Å². The van der Waals surface area contributed by atoms with Gasteiger partial charge in [0, 0.05) is 58.1 Å². The van der Waals surface area contributed by atoms with E-state index in [1.165, 1.54) is 0 Å². The lowest BCUT2D eigenvalue weighted by Crippen LogP contribution is -2.40. The van der Waals surface area contributed by atoms with Gasteiger partial charge < -0.3 is 40.3 Å². The molecule has 71 heavy (non-hydrogen) atoms. The smallest absolute Gasteiger partial charge is 0.234 e. The Morgan fingerprint density at radius 2 is 0.958 bits per heavy atom. The van der Waals surface area contributed by atoms with E-state index in [4.69, 9.17) is 14.6 Å². The van der Waals surface area contributed by atoms with E-state index in [2.05, 4.69) is 110 Å². The van der Waals surface area contributed by atoms with Crippen LogP contribution in [0.15, 0.2) is 66.7 Å². The second kappa shape index (κ2) is 28.8. The lowest BCUT2D eigenvalue weighted by atomic mass is 10.1. The summed E-state index contributed by atoms with van der Waals surface area (Å²) in [4.78, 5) is 88.2. The van der Waals surface area contributed by atoms with E-state index < -0.39 is 16.6 Å². The fourth-order valence-corrected chi connectivity index (χ4v) is 8.17. The predicted molar refractivity (Wildman–Crippen MR) is 292 cm³/mol. The van der Waals surface area contributed by atoms with Crippen LogP contribution in [-0.4, -0.2) is 104 Å². The summed E-state index contributed by atoms with van der Waals surface area (Å²) in [6, 6.07) is 21.0. The van der Waals surface area contributed by atoms with Gasteiger partial charge in [-0.3, -0.25) is 33.6 Å². The summed E-state index contributed by atoms with van der Waals surface area (Å²) in [5.41, 5.74) is 11.6. The lowest BCUT2D eigenvalue weighted by molar-refractivity contribution is -0.125. The maximum Gasteiger partial charge on any atom is 0.234 e. The molecule has 0 radical (unpaired) electrons. The molecule has 0 atom stereocenters. The van der Waals surface area contributed by atoms with Gasteiger partial charge in [-0.2, -0.15) is 0 Å². The van der Waals surface area contributed by atoms with Gasteiger partial charge in [-0.05, 0) is 95.6 Å². The van der Waals surface area contributed by atoms with Crippen LogP contribution in [0.4, 0.5) is 11.4 Å². The van der Waals surface area contributed by atoms with Crippen LogP contribution < -0.4 is 31.5 Å². The molecule has 0 fully saturated rings. The SMILES string of the molecule is CCc1cc(CO[Si](C)(C)C(C)(C)C)cc(N(C)C(=O)CCC(=O)CNC(=O)CN)c1.CCc1cc(CO[Si](C)(C)C(C)(C)C)cc(N(C)C(=O)CCC(=O)CNC(=O)CNCC(=O)c2ccccc2)c1.[HH]. The molecule has 0 heterocycles. The molecule has 394 valence electrons. The zero-order chi connectivity index (χ0) is 53.7. The first-order chi connectivity index (χ1) is 33.0. The highest BCUT2D eigenvalue weighted by molar-refractivity contribution is 6.74. The maximum atomic E-state index is 12.9. The number of anilines is 2. The third kappa shape index (κ3) is 21.6. The monoisotopic (exact) mass is 1020 g/mol. The van der Waals surface area contributed by atoms with E-state index in [1.807, 2.05) is 30.3 Å². The van der Waals surface area contributed by atoms with Gasteiger partial charge in [0.2, 0.25) is 23.6 Å². The predicted octanol–water partition coefficient (Wildman–Crippen LogP) is 8.08.